The Morgan fingerprint density at radius 3 is 2.66 bits per heavy atom. The molecule has 1 fully saturated rings. The number of hydrogen-bond acceptors (Lipinski definition) is 5. The topological polar surface area (TPSA) is 75.9 Å². The second-order valence-electron chi connectivity index (χ2n) is 8.31. The van der Waals surface area contributed by atoms with Crippen LogP contribution in [-0.4, -0.2) is 49.9 Å². The molecule has 3 heterocycles. The maximum absolute atomic E-state index is 13.1. The second-order valence-corrected chi connectivity index (χ2v) is 8.31. The standard InChI is InChI=1S/C25H26N6O/c1-18-21(9-5-11-23(18)31-24-22(28-29-31)10-6-14-26-24)25(32)27-20-12-15-30(16-13-20)17-19-7-3-2-4-8-19/h2-11,14,20H,12-13,15-17H2,1H3,(H,27,32). The molecule has 1 aliphatic rings. The van der Waals surface area contributed by atoms with E-state index in [0.29, 0.717) is 11.2 Å². The summed E-state index contributed by atoms with van der Waals surface area (Å²) in [5, 5.41) is 11.7. The molecule has 5 rings (SSSR count). The molecule has 4 aromatic rings. The maximum Gasteiger partial charge on any atom is 0.251 e. The summed E-state index contributed by atoms with van der Waals surface area (Å²) in [6.07, 6.45) is 3.63. The minimum absolute atomic E-state index is 0.0387. The molecule has 162 valence electrons. The Hall–Kier alpha value is -3.58. The number of carbonyl (C=O) groups is 1. The lowest BCUT2D eigenvalue weighted by Gasteiger charge is -2.32. The zero-order valence-electron chi connectivity index (χ0n) is 18.1. The van der Waals surface area contributed by atoms with E-state index in [1.807, 2.05) is 43.3 Å². The predicted octanol–water partition coefficient (Wildman–Crippen LogP) is 3.52. The lowest BCUT2D eigenvalue weighted by Crippen LogP contribution is -2.44. The average molecular weight is 427 g/mol. The van der Waals surface area contributed by atoms with E-state index in [1.165, 1.54) is 5.56 Å². The lowest BCUT2D eigenvalue weighted by molar-refractivity contribution is 0.0908. The van der Waals surface area contributed by atoms with Crippen LogP contribution in [0.4, 0.5) is 0 Å². The van der Waals surface area contributed by atoms with Gasteiger partial charge >= 0.3 is 0 Å². The summed E-state index contributed by atoms with van der Waals surface area (Å²) in [6, 6.07) is 20.1. The largest absolute Gasteiger partial charge is 0.349 e. The van der Waals surface area contributed by atoms with E-state index in [9.17, 15) is 4.79 Å². The van der Waals surface area contributed by atoms with Gasteiger partial charge in [-0.3, -0.25) is 9.69 Å². The molecule has 2 aromatic heterocycles. The van der Waals surface area contributed by atoms with E-state index < -0.39 is 0 Å². The molecule has 2 aromatic carbocycles. The number of benzene rings is 2. The number of fused-ring (bicyclic) bond motifs is 1. The van der Waals surface area contributed by atoms with Crippen molar-refractivity contribution in [3.63, 3.8) is 0 Å². The Balaban J connectivity index is 1.26. The van der Waals surface area contributed by atoms with Crippen molar-refractivity contribution in [2.24, 2.45) is 0 Å². The first kappa shape index (κ1) is 20.3. The maximum atomic E-state index is 13.1. The van der Waals surface area contributed by atoms with Crippen LogP contribution in [0, 0.1) is 6.92 Å². The van der Waals surface area contributed by atoms with Crippen LogP contribution < -0.4 is 5.32 Å². The number of carbonyl (C=O) groups excluding carboxylic acids is 1. The van der Waals surface area contributed by atoms with E-state index in [4.69, 9.17) is 0 Å². The molecular weight excluding hydrogens is 400 g/mol. The van der Waals surface area contributed by atoms with Gasteiger partial charge in [0.15, 0.2) is 5.65 Å². The summed E-state index contributed by atoms with van der Waals surface area (Å²) < 4.78 is 1.70. The fourth-order valence-corrected chi connectivity index (χ4v) is 4.37. The van der Waals surface area contributed by atoms with Crippen molar-refractivity contribution in [3.05, 3.63) is 83.6 Å². The third kappa shape index (κ3) is 4.11. The van der Waals surface area contributed by atoms with E-state index in [1.54, 1.807) is 10.9 Å². The third-order valence-electron chi connectivity index (χ3n) is 6.16. The molecule has 0 atom stereocenters. The number of likely N-dealkylation sites (tertiary alicyclic amines) is 1. The fraction of sp³-hybridized carbons (Fsp3) is 0.280. The van der Waals surface area contributed by atoms with Crippen LogP contribution in [0.5, 0.6) is 0 Å². The Morgan fingerprint density at radius 2 is 1.84 bits per heavy atom. The molecule has 1 aliphatic heterocycles. The molecular formula is C25H26N6O. The van der Waals surface area contributed by atoms with Gasteiger partial charge in [-0.2, -0.15) is 4.68 Å². The quantitative estimate of drug-likeness (QED) is 0.528. The smallest absolute Gasteiger partial charge is 0.251 e. The monoisotopic (exact) mass is 426 g/mol. The number of piperidine rings is 1. The lowest BCUT2D eigenvalue weighted by atomic mass is 10.0. The van der Waals surface area contributed by atoms with Crippen molar-refractivity contribution in [2.45, 2.75) is 32.4 Å². The van der Waals surface area contributed by atoms with E-state index in [0.717, 1.165) is 49.2 Å². The summed E-state index contributed by atoms with van der Waals surface area (Å²) in [5.74, 6) is -0.0387. The number of hydrogen-bond donors (Lipinski definition) is 1. The highest BCUT2D eigenvalue weighted by atomic mass is 16.1. The van der Waals surface area contributed by atoms with Gasteiger partial charge in [0.25, 0.3) is 5.91 Å². The molecule has 32 heavy (non-hydrogen) atoms. The first-order chi connectivity index (χ1) is 15.7. The average Bonchev–Trinajstić information content (AvgIpc) is 3.25. The van der Waals surface area contributed by atoms with Gasteiger partial charge < -0.3 is 5.32 Å². The van der Waals surface area contributed by atoms with Gasteiger partial charge in [-0.15, -0.1) is 5.10 Å². The molecule has 0 unspecified atom stereocenters. The van der Waals surface area contributed by atoms with Gasteiger partial charge in [-0.25, -0.2) is 4.98 Å². The third-order valence-corrected chi connectivity index (χ3v) is 6.16. The van der Waals surface area contributed by atoms with E-state index in [-0.39, 0.29) is 11.9 Å². The van der Waals surface area contributed by atoms with Gasteiger partial charge in [-0.05, 0) is 55.2 Å². The summed E-state index contributed by atoms with van der Waals surface area (Å²) in [5.41, 5.74) is 5.08. The van der Waals surface area contributed by atoms with E-state index >= 15 is 0 Å². The van der Waals surface area contributed by atoms with Crippen molar-refractivity contribution < 1.29 is 4.79 Å². The Bertz CT molecular complexity index is 1230. The normalized spacial score (nSPS) is 15.2. The molecule has 7 heteroatoms. The van der Waals surface area contributed by atoms with Crippen LogP contribution in [0.1, 0.15) is 34.3 Å². The van der Waals surface area contributed by atoms with Gasteiger partial charge in [0.2, 0.25) is 0 Å². The van der Waals surface area contributed by atoms with Crippen molar-refractivity contribution in [3.8, 4) is 5.69 Å². The Kier molecular flexibility index (Phi) is 5.64. The van der Waals surface area contributed by atoms with Gasteiger partial charge in [0, 0.05) is 37.4 Å². The molecule has 1 saturated heterocycles. The molecule has 1 N–H and O–H groups in total. The summed E-state index contributed by atoms with van der Waals surface area (Å²) >= 11 is 0. The van der Waals surface area contributed by atoms with Crippen LogP contribution in [0.15, 0.2) is 66.9 Å². The van der Waals surface area contributed by atoms with Gasteiger partial charge in [0.05, 0.1) is 5.69 Å². The molecule has 0 saturated carbocycles. The number of aromatic nitrogens is 4. The number of rotatable bonds is 5. The minimum atomic E-state index is -0.0387. The van der Waals surface area contributed by atoms with Gasteiger partial charge in [0.1, 0.15) is 5.52 Å². The summed E-state index contributed by atoms with van der Waals surface area (Å²) in [4.78, 5) is 20.0. The number of amides is 1. The fourth-order valence-electron chi connectivity index (χ4n) is 4.37. The Morgan fingerprint density at radius 1 is 1.03 bits per heavy atom. The molecule has 0 aliphatic carbocycles. The van der Waals surface area contributed by atoms with Crippen LogP contribution in [-0.2, 0) is 6.54 Å². The summed E-state index contributed by atoms with van der Waals surface area (Å²) in [6.45, 7) is 4.87. The molecule has 0 radical (unpaired) electrons. The van der Waals surface area contributed by atoms with Crippen molar-refractivity contribution in [1.29, 1.82) is 0 Å². The first-order valence-corrected chi connectivity index (χ1v) is 11.0. The Labute approximate surface area is 187 Å². The number of nitrogens with one attached hydrogen (secondary N) is 1. The van der Waals surface area contributed by atoms with Crippen LogP contribution in [0.2, 0.25) is 0 Å². The molecule has 0 bridgehead atoms. The van der Waals surface area contributed by atoms with Crippen molar-refractivity contribution in [1.82, 2.24) is 30.2 Å². The van der Waals surface area contributed by atoms with Gasteiger partial charge in [-0.1, -0.05) is 41.6 Å². The summed E-state index contributed by atoms with van der Waals surface area (Å²) in [7, 11) is 0. The zero-order valence-corrected chi connectivity index (χ0v) is 18.1. The predicted molar refractivity (Wildman–Crippen MR) is 124 cm³/mol. The number of pyridine rings is 1. The van der Waals surface area contributed by atoms with Crippen molar-refractivity contribution >= 4 is 17.1 Å². The SMILES string of the molecule is Cc1c(C(=O)NC2CCN(Cc3ccccc3)CC2)cccc1-n1nnc2cccnc21. The van der Waals surface area contributed by atoms with Crippen molar-refractivity contribution in [2.75, 3.05) is 13.1 Å². The molecule has 1 amide bonds. The zero-order chi connectivity index (χ0) is 21.9. The highest BCUT2D eigenvalue weighted by Crippen LogP contribution is 2.21. The second kappa shape index (κ2) is 8.88. The van der Waals surface area contributed by atoms with E-state index in [2.05, 4.69) is 49.8 Å². The molecule has 0 spiro atoms. The van der Waals surface area contributed by atoms with Crippen LogP contribution in [0.25, 0.3) is 16.9 Å². The highest BCUT2D eigenvalue weighted by Gasteiger charge is 2.23. The minimum Gasteiger partial charge on any atom is -0.349 e. The highest BCUT2D eigenvalue weighted by molar-refractivity contribution is 5.96. The van der Waals surface area contributed by atoms with Crippen LogP contribution >= 0.6 is 0 Å². The first-order valence-electron chi connectivity index (χ1n) is 11.0. The van der Waals surface area contributed by atoms with Crippen LogP contribution in [0.3, 0.4) is 0 Å². The molecule has 7 nitrogen and oxygen atoms in total. The number of nitrogens with zero attached hydrogens (tertiary/aromatic N) is 5.